The van der Waals surface area contributed by atoms with Gasteiger partial charge in [0.1, 0.15) is 6.26 Å². The van der Waals surface area contributed by atoms with Crippen molar-refractivity contribution in [2.45, 2.75) is 32.2 Å². The smallest absolute Gasteiger partial charge is 0.254 e. The fourth-order valence-electron chi connectivity index (χ4n) is 3.03. The van der Waals surface area contributed by atoms with E-state index in [1.165, 1.54) is 19.1 Å². The molecule has 2 heterocycles. The second-order valence-electron chi connectivity index (χ2n) is 6.51. The van der Waals surface area contributed by atoms with Crippen molar-refractivity contribution in [3.8, 4) is 0 Å². The van der Waals surface area contributed by atoms with Gasteiger partial charge in [-0.3, -0.25) is 9.59 Å². The van der Waals surface area contributed by atoms with Crippen molar-refractivity contribution in [3.63, 3.8) is 0 Å². The number of hydrogen-bond donors (Lipinski definition) is 2. The lowest BCUT2D eigenvalue weighted by Gasteiger charge is -2.19. The Kier molecular flexibility index (Phi) is 5.98. The van der Waals surface area contributed by atoms with Gasteiger partial charge < -0.3 is 20.0 Å². The summed E-state index contributed by atoms with van der Waals surface area (Å²) < 4.78 is 5.54. The van der Waals surface area contributed by atoms with Crippen molar-refractivity contribution in [2.24, 2.45) is 0 Å². The minimum Gasteiger partial charge on any atom is -0.457 e. The molecule has 1 aliphatic heterocycles. The van der Waals surface area contributed by atoms with Crippen molar-refractivity contribution < 1.29 is 14.0 Å². The van der Waals surface area contributed by atoms with Gasteiger partial charge >= 0.3 is 0 Å². The first-order chi connectivity index (χ1) is 12.5. The Labute approximate surface area is 161 Å². The largest absolute Gasteiger partial charge is 0.457 e. The van der Waals surface area contributed by atoms with Crippen LogP contribution in [0.5, 0.6) is 0 Å². The van der Waals surface area contributed by atoms with Gasteiger partial charge in [0.25, 0.3) is 5.91 Å². The normalized spacial score (nSPS) is 14.9. The molecular weight excluding hydrogens is 398 g/mol. The molecule has 1 unspecified atom stereocenters. The van der Waals surface area contributed by atoms with Crippen LogP contribution in [0.15, 0.2) is 45.7 Å². The topological polar surface area (TPSA) is 74.6 Å². The number of benzene rings is 1. The van der Waals surface area contributed by atoms with Crippen molar-refractivity contribution in [1.82, 2.24) is 5.32 Å². The van der Waals surface area contributed by atoms with E-state index >= 15 is 0 Å². The van der Waals surface area contributed by atoms with Gasteiger partial charge in [0.05, 0.1) is 5.56 Å². The molecule has 0 radical (unpaired) electrons. The van der Waals surface area contributed by atoms with Crippen LogP contribution in [0.1, 0.15) is 36.5 Å². The molecule has 0 aliphatic carbocycles. The predicted molar refractivity (Wildman–Crippen MR) is 104 cm³/mol. The highest BCUT2D eigenvalue weighted by Crippen LogP contribution is 2.23. The Bertz CT molecular complexity index is 784. The third kappa shape index (κ3) is 4.88. The van der Waals surface area contributed by atoms with E-state index < -0.39 is 0 Å². The number of hydrogen-bond acceptors (Lipinski definition) is 4. The van der Waals surface area contributed by atoms with E-state index in [-0.39, 0.29) is 24.3 Å². The zero-order chi connectivity index (χ0) is 18.5. The van der Waals surface area contributed by atoms with Crippen LogP contribution in [0.4, 0.5) is 11.4 Å². The Morgan fingerprint density at radius 2 is 2.04 bits per heavy atom. The molecule has 1 aliphatic rings. The Morgan fingerprint density at radius 1 is 1.27 bits per heavy atom. The minimum atomic E-state index is -0.294. The summed E-state index contributed by atoms with van der Waals surface area (Å²) in [5.74, 6) is -0.402. The zero-order valence-electron chi connectivity index (χ0n) is 14.6. The molecule has 1 aromatic heterocycles. The fraction of sp³-hybridized carbons (Fsp3) is 0.368. The summed E-state index contributed by atoms with van der Waals surface area (Å²) in [4.78, 5) is 26.7. The lowest BCUT2D eigenvalue weighted by Crippen LogP contribution is -2.35. The lowest BCUT2D eigenvalue weighted by atomic mass is 10.2. The number of halogens is 1. The molecule has 3 rings (SSSR count). The number of anilines is 2. The summed E-state index contributed by atoms with van der Waals surface area (Å²) in [5, 5.41) is 5.70. The third-order valence-electron chi connectivity index (χ3n) is 4.30. The van der Waals surface area contributed by atoms with Crippen molar-refractivity contribution in [2.75, 3.05) is 23.3 Å². The maximum atomic E-state index is 12.3. The molecule has 138 valence electrons. The first-order valence-electron chi connectivity index (χ1n) is 8.71. The molecule has 2 amide bonds. The van der Waals surface area contributed by atoms with Crippen LogP contribution >= 0.6 is 15.9 Å². The van der Waals surface area contributed by atoms with E-state index in [0.29, 0.717) is 10.2 Å². The Hall–Kier alpha value is -2.28. The van der Waals surface area contributed by atoms with Gasteiger partial charge in [0.2, 0.25) is 5.91 Å². The van der Waals surface area contributed by atoms with Crippen LogP contribution in [0.25, 0.3) is 0 Å². The molecule has 2 N–H and O–H groups in total. The number of carbonyl (C=O) groups excluding carboxylic acids is 2. The van der Waals surface area contributed by atoms with Crippen molar-refractivity contribution in [1.29, 1.82) is 0 Å². The molecule has 1 fully saturated rings. The molecule has 0 bridgehead atoms. The quantitative estimate of drug-likeness (QED) is 0.746. The van der Waals surface area contributed by atoms with E-state index in [9.17, 15) is 9.59 Å². The second-order valence-corrected chi connectivity index (χ2v) is 7.29. The van der Waals surface area contributed by atoms with E-state index in [1.807, 2.05) is 18.2 Å². The van der Waals surface area contributed by atoms with Gasteiger partial charge in [-0.2, -0.15) is 0 Å². The van der Waals surface area contributed by atoms with Gasteiger partial charge in [0.15, 0.2) is 4.67 Å². The highest BCUT2D eigenvalue weighted by atomic mass is 79.9. The van der Waals surface area contributed by atoms with E-state index in [4.69, 9.17) is 4.42 Å². The standard InChI is InChI=1S/C19H22BrN3O3/c1-13(21-19(25)14-10-17(20)26-12-14)9-18(24)22-15-5-4-6-16(11-15)23-7-2-3-8-23/h4-6,10-13H,2-3,7-9H2,1H3,(H,21,25)(H,22,24). The highest BCUT2D eigenvalue weighted by molar-refractivity contribution is 9.10. The second kappa shape index (κ2) is 8.40. The third-order valence-corrected chi connectivity index (χ3v) is 4.72. The van der Waals surface area contributed by atoms with Gasteiger partial charge in [-0.1, -0.05) is 6.07 Å². The number of nitrogens with one attached hydrogen (secondary N) is 2. The van der Waals surface area contributed by atoms with Gasteiger partial charge in [-0.05, 0) is 53.9 Å². The lowest BCUT2D eigenvalue weighted by molar-refractivity contribution is -0.116. The van der Waals surface area contributed by atoms with Crippen molar-refractivity contribution in [3.05, 3.63) is 46.8 Å². The number of nitrogens with zero attached hydrogens (tertiary/aromatic N) is 1. The van der Waals surface area contributed by atoms with Crippen LogP contribution in [-0.4, -0.2) is 30.9 Å². The summed E-state index contributed by atoms with van der Waals surface area (Å²) in [6, 6.07) is 9.18. The number of rotatable bonds is 6. The summed E-state index contributed by atoms with van der Waals surface area (Å²) in [7, 11) is 0. The van der Waals surface area contributed by atoms with Crippen LogP contribution in [-0.2, 0) is 4.79 Å². The van der Waals surface area contributed by atoms with E-state index in [0.717, 1.165) is 24.5 Å². The minimum absolute atomic E-state index is 0.134. The van der Waals surface area contributed by atoms with Crippen LogP contribution in [0.3, 0.4) is 0 Å². The molecule has 0 saturated carbocycles. The van der Waals surface area contributed by atoms with E-state index in [1.54, 1.807) is 13.0 Å². The fourth-order valence-corrected chi connectivity index (χ4v) is 3.37. The van der Waals surface area contributed by atoms with Crippen LogP contribution in [0, 0.1) is 0 Å². The predicted octanol–water partition coefficient (Wildman–Crippen LogP) is 3.79. The molecule has 1 saturated heterocycles. The molecule has 1 aromatic carbocycles. The van der Waals surface area contributed by atoms with E-state index in [2.05, 4.69) is 37.5 Å². The SMILES string of the molecule is CC(CC(=O)Nc1cccc(N2CCCC2)c1)NC(=O)c1coc(Br)c1. The van der Waals surface area contributed by atoms with Crippen LogP contribution < -0.4 is 15.5 Å². The highest BCUT2D eigenvalue weighted by Gasteiger charge is 2.16. The Balaban J connectivity index is 1.51. The average Bonchev–Trinajstić information content (AvgIpc) is 3.26. The Morgan fingerprint density at radius 3 is 2.73 bits per heavy atom. The summed E-state index contributed by atoms with van der Waals surface area (Å²) in [6.07, 6.45) is 3.98. The van der Waals surface area contributed by atoms with Gasteiger partial charge in [-0.25, -0.2) is 0 Å². The maximum Gasteiger partial charge on any atom is 0.254 e. The average molecular weight is 420 g/mol. The number of carbonyl (C=O) groups is 2. The molecule has 6 nitrogen and oxygen atoms in total. The van der Waals surface area contributed by atoms with Crippen molar-refractivity contribution >= 4 is 39.1 Å². The molecule has 2 aromatic rings. The van der Waals surface area contributed by atoms with Gasteiger partial charge in [0, 0.05) is 43.0 Å². The van der Waals surface area contributed by atoms with Gasteiger partial charge in [-0.15, -0.1) is 0 Å². The monoisotopic (exact) mass is 419 g/mol. The first-order valence-corrected chi connectivity index (χ1v) is 9.50. The molecular formula is C19H22BrN3O3. The van der Waals surface area contributed by atoms with Crippen LogP contribution in [0.2, 0.25) is 0 Å². The molecule has 7 heteroatoms. The summed E-state index contributed by atoms with van der Waals surface area (Å²) in [6.45, 7) is 3.92. The summed E-state index contributed by atoms with van der Waals surface area (Å²) >= 11 is 3.16. The first kappa shape index (κ1) is 18.5. The molecule has 0 spiro atoms. The number of amides is 2. The zero-order valence-corrected chi connectivity index (χ0v) is 16.2. The molecule has 1 atom stereocenters. The molecule has 26 heavy (non-hydrogen) atoms. The summed E-state index contributed by atoms with van der Waals surface area (Å²) in [5.41, 5.74) is 2.33. The maximum absolute atomic E-state index is 12.3. The number of furan rings is 1.